The molecule has 7 heteroatoms. The van der Waals surface area contributed by atoms with E-state index in [0.717, 1.165) is 17.1 Å². The average Bonchev–Trinajstić information content (AvgIpc) is 2.84. The number of fused-ring (bicyclic) bond motifs is 1. The highest BCUT2D eigenvalue weighted by Crippen LogP contribution is 2.21. The van der Waals surface area contributed by atoms with Crippen molar-refractivity contribution in [1.29, 1.82) is 0 Å². The fraction of sp³-hybridized carbons (Fsp3) is 0.462. The fourth-order valence-electron chi connectivity index (χ4n) is 2.45. The van der Waals surface area contributed by atoms with Crippen LogP contribution in [0.15, 0.2) is 18.3 Å². The molecule has 3 rings (SSSR count). The van der Waals surface area contributed by atoms with Gasteiger partial charge in [0.05, 0.1) is 13.2 Å². The van der Waals surface area contributed by atoms with Crippen molar-refractivity contribution in [2.75, 3.05) is 31.6 Å². The van der Waals surface area contributed by atoms with Crippen molar-refractivity contribution < 1.29 is 9.53 Å². The summed E-state index contributed by atoms with van der Waals surface area (Å²) in [4.78, 5) is 22.7. The van der Waals surface area contributed by atoms with Crippen molar-refractivity contribution in [2.24, 2.45) is 7.05 Å². The number of aromatic nitrogens is 3. The van der Waals surface area contributed by atoms with Gasteiger partial charge in [-0.15, -0.1) is 0 Å². The highest BCUT2D eigenvalue weighted by Gasteiger charge is 2.28. The number of pyridine rings is 1. The summed E-state index contributed by atoms with van der Waals surface area (Å²) in [5.74, 6) is 0.711. The first-order valence-electron chi connectivity index (χ1n) is 6.56. The number of carbonyl (C=O) groups is 1. The van der Waals surface area contributed by atoms with Crippen molar-refractivity contribution in [3.05, 3.63) is 18.3 Å². The van der Waals surface area contributed by atoms with Gasteiger partial charge in [-0.3, -0.25) is 9.36 Å². The maximum atomic E-state index is 11.7. The largest absolute Gasteiger partial charge is 0.365 e. The van der Waals surface area contributed by atoms with Gasteiger partial charge in [-0.05, 0) is 12.1 Å². The van der Waals surface area contributed by atoms with Gasteiger partial charge in [-0.2, -0.15) is 0 Å². The van der Waals surface area contributed by atoms with Gasteiger partial charge in [0.15, 0.2) is 11.8 Å². The minimum absolute atomic E-state index is 0.105. The molecule has 1 fully saturated rings. The Balaban J connectivity index is 1.90. The van der Waals surface area contributed by atoms with Gasteiger partial charge in [0, 0.05) is 26.8 Å². The Morgan fingerprint density at radius 2 is 2.40 bits per heavy atom. The van der Waals surface area contributed by atoms with E-state index in [1.807, 2.05) is 23.7 Å². The maximum absolute atomic E-state index is 11.7. The molecule has 0 saturated carbocycles. The Bertz CT molecular complexity index is 639. The van der Waals surface area contributed by atoms with Crippen LogP contribution in [-0.2, 0) is 16.6 Å². The average molecular weight is 275 g/mol. The van der Waals surface area contributed by atoms with Crippen molar-refractivity contribution in [1.82, 2.24) is 19.9 Å². The molecule has 20 heavy (non-hydrogen) atoms. The van der Waals surface area contributed by atoms with E-state index in [9.17, 15) is 4.79 Å². The van der Waals surface area contributed by atoms with Crippen LogP contribution in [0.5, 0.6) is 0 Å². The second-order valence-corrected chi connectivity index (χ2v) is 4.74. The van der Waals surface area contributed by atoms with Gasteiger partial charge in [-0.25, -0.2) is 9.97 Å². The lowest BCUT2D eigenvalue weighted by Crippen LogP contribution is -2.49. The predicted octanol–water partition coefficient (Wildman–Crippen LogP) is -0.0805. The van der Waals surface area contributed by atoms with Crippen LogP contribution < -0.4 is 10.2 Å². The minimum atomic E-state index is -0.457. The predicted molar refractivity (Wildman–Crippen MR) is 74.5 cm³/mol. The number of amides is 1. The van der Waals surface area contributed by atoms with Crippen LogP contribution in [0.3, 0.4) is 0 Å². The van der Waals surface area contributed by atoms with Crippen molar-refractivity contribution >= 4 is 23.0 Å². The molecular weight excluding hydrogens is 258 g/mol. The number of ether oxygens (including phenoxy) is 1. The first kappa shape index (κ1) is 12.9. The normalized spacial score (nSPS) is 19.3. The number of anilines is 1. The van der Waals surface area contributed by atoms with Gasteiger partial charge in [0.1, 0.15) is 5.52 Å². The van der Waals surface area contributed by atoms with E-state index in [1.165, 1.54) is 0 Å². The van der Waals surface area contributed by atoms with E-state index in [2.05, 4.69) is 20.2 Å². The lowest BCUT2D eigenvalue weighted by Gasteiger charge is -2.32. The summed E-state index contributed by atoms with van der Waals surface area (Å²) in [6.07, 6.45) is 1.29. The molecule has 2 aromatic rings. The first-order chi connectivity index (χ1) is 9.70. The van der Waals surface area contributed by atoms with Crippen LogP contribution in [0.4, 0.5) is 5.95 Å². The molecule has 1 saturated heterocycles. The second-order valence-electron chi connectivity index (χ2n) is 4.74. The van der Waals surface area contributed by atoms with Crippen molar-refractivity contribution in [2.45, 2.75) is 6.10 Å². The lowest BCUT2D eigenvalue weighted by atomic mass is 10.2. The summed E-state index contributed by atoms with van der Waals surface area (Å²) < 4.78 is 7.44. The highest BCUT2D eigenvalue weighted by molar-refractivity contribution is 5.81. The molecule has 1 N–H and O–H groups in total. The maximum Gasteiger partial charge on any atom is 0.250 e. The van der Waals surface area contributed by atoms with Gasteiger partial charge in [0.25, 0.3) is 5.91 Å². The van der Waals surface area contributed by atoms with Crippen LogP contribution in [0.1, 0.15) is 0 Å². The molecule has 1 atom stereocenters. The molecule has 0 aliphatic carbocycles. The third-order valence-corrected chi connectivity index (χ3v) is 3.49. The number of imidazole rings is 1. The number of nitrogens with one attached hydrogen (secondary N) is 1. The van der Waals surface area contributed by atoms with Crippen molar-refractivity contribution in [3.8, 4) is 0 Å². The van der Waals surface area contributed by atoms with Crippen LogP contribution in [-0.4, -0.2) is 53.3 Å². The molecule has 0 radical (unpaired) electrons. The zero-order valence-corrected chi connectivity index (χ0v) is 11.5. The standard InChI is InChI=1S/C13H17N5O2/c1-14-12(19)10-8-18(6-7-20-10)13-16-9-4-3-5-15-11(9)17(13)2/h3-5,10H,6-8H2,1-2H3,(H,14,19). The number of aryl methyl sites for hydroxylation is 1. The van der Waals surface area contributed by atoms with Gasteiger partial charge < -0.3 is 15.0 Å². The van der Waals surface area contributed by atoms with Crippen LogP contribution in [0.2, 0.25) is 0 Å². The fourth-order valence-corrected chi connectivity index (χ4v) is 2.45. The number of nitrogens with zero attached hydrogens (tertiary/aromatic N) is 4. The number of hydrogen-bond donors (Lipinski definition) is 1. The number of likely N-dealkylation sites (N-methyl/N-ethyl adjacent to an activating group) is 1. The molecule has 1 aliphatic rings. The summed E-state index contributed by atoms with van der Waals surface area (Å²) in [6.45, 7) is 1.72. The topological polar surface area (TPSA) is 72.3 Å². The van der Waals surface area contributed by atoms with E-state index in [4.69, 9.17) is 4.74 Å². The summed E-state index contributed by atoms with van der Waals surface area (Å²) in [7, 11) is 3.55. The van der Waals surface area contributed by atoms with E-state index in [-0.39, 0.29) is 5.91 Å². The Morgan fingerprint density at radius 1 is 1.55 bits per heavy atom. The highest BCUT2D eigenvalue weighted by atomic mass is 16.5. The zero-order valence-electron chi connectivity index (χ0n) is 11.5. The summed E-state index contributed by atoms with van der Waals surface area (Å²) in [5, 5.41) is 2.62. The van der Waals surface area contributed by atoms with E-state index >= 15 is 0 Å². The number of carbonyl (C=O) groups excluding carboxylic acids is 1. The number of rotatable bonds is 2. The summed E-state index contributed by atoms with van der Waals surface area (Å²) in [5.41, 5.74) is 1.69. The van der Waals surface area contributed by atoms with Crippen LogP contribution in [0.25, 0.3) is 11.2 Å². The molecule has 7 nitrogen and oxygen atoms in total. The molecule has 0 bridgehead atoms. The van der Waals surface area contributed by atoms with Crippen molar-refractivity contribution in [3.63, 3.8) is 0 Å². The molecule has 1 unspecified atom stereocenters. The first-order valence-corrected chi connectivity index (χ1v) is 6.56. The Hall–Kier alpha value is -2.15. The van der Waals surface area contributed by atoms with Crippen LogP contribution in [0, 0.1) is 0 Å². The Kier molecular flexibility index (Phi) is 3.27. The van der Waals surface area contributed by atoms with E-state index < -0.39 is 6.10 Å². The Morgan fingerprint density at radius 3 is 3.15 bits per heavy atom. The Labute approximate surface area is 116 Å². The summed E-state index contributed by atoms with van der Waals surface area (Å²) >= 11 is 0. The van der Waals surface area contributed by atoms with Crippen LogP contribution >= 0.6 is 0 Å². The monoisotopic (exact) mass is 275 g/mol. The molecular formula is C13H17N5O2. The molecule has 2 aromatic heterocycles. The SMILES string of the molecule is CNC(=O)C1CN(c2nc3cccnc3n2C)CCO1. The van der Waals surface area contributed by atoms with Gasteiger partial charge >= 0.3 is 0 Å². The number of morpholine rings is 1. The third kappa shape index (κ3) is 2.09. The molecule has 0 aromatic carbocycles. The summed E-state index contributed by atoms with van der Waals surface area (Å²) in [6, 6.07) is 3.80. The van der Waals surface area contributed by atoms with Gasteiger partial charge in [0.2, 0.25) is 5.95 Å². The van der Waals surface area contributed by atoms with E-state index in [1.54, 1.807) is 13.2 Å². The zero-order chi connectivity index (χ0) is 14.1. The molecule has 1 aliphatic heterocycles. The minimum Gasteiger partial charge on any atom is -0.365 e. The second kappa shape index (κ2) is 5.09. The van der Waals surface area contributed by atoms with Gasteiger partial charge in [-0.1, -0.05) is 0 Å². The molecule has 0 spiro atoms. The lowest BCUT2D eigenvalue weighted by molar-refractivity contribution is -0.132. The molecule has 106 valence electrons. The van der Waals surface area contributed by atoms with E-state index in [0.29, 0.717) is 19.7 Å². The smallest absolute Gasteiger partial charge is 0.250 e. The third-order valence-electron chi connectivity index (χ3n) is 3.49. The molecule has 3 heterocycles. The quantitative estimate of drug-likeness (QED) is 0.830. The molecule has 1 amide bonds. The number of hydrogen-bond acceptors (Lipinski definition) is 5.